The molecule has 2 rings (SSSR count). The van der Waals surface area contributed by atoms with Gasteiger partial charge in [0, 0.05) is 26.2 Å². The van der Waals surface area contributed by atoms with Crippen molar-refractivity contribution >= 4 is 12.0 Å². The van der Waals surface area contributed by atoms with E-state index in [2.05, 4.69) is 0 Å². The molecule has 5 nitrogen and oxygen atoms in total. The number of nitrogens with zero attached hydrogens (tertiary/aromatic N) is 2. The van der Waals surface area contributed by atoms with Crippen LogP contribution in [0.5, 0.6) is 0 Å². The maximum atomic E-state index is 13.1. The lowest BCUT2D eigenvalue weighted by molar-refractivity contribution is -0.135. The number of carbonyl (C=O) groups excluding carboxylic acids is 2. The Morgan fingerprint density at radius 3 is 2.12 bits per heavy atom. The predicted molar refractivity (Wildman–Crippen MR) is 89.2 cm³/mol. The highest BCUT2D eigenvalue weighted by Gasteiger charge is 2.31. The molecule has 0 bridgehead atoms. The molecule has 132 valence electrons. The summed E-state index contributed by atoms with van der Waals surface area (Å²) in [6.45, 7) is 8.01. The Labute approximate surface area is 142 Å². The van der Waals surface area contributed by atoms with Gasteiger partial charge in [0.2, 0.25) is 5.91 Å². The molecule has 1 aliphatic heterocycles. The second-order valence-corrected chi connectivity index (χ2v) is 6.28. The van der Waals surface area contributed by atoms with E-state index in [1.54, 1.807) is 28.9 Å². The van der Waals surface area contributed by atoms with Gasteiger partial charge in [-0.25, -0.2) is 9.18 Å². The molecule has 2 amide bonds. The van der Waals surface area contributed by atoms with E-state index in [0.29, 0.717) is 32.8 Å². The van der Waals surface area contributed by atoms with E-state index >= 15 is 0 Å². The van der Waals surface area contributed by atoms with Crippen molar-refractivity contribution < 1.29 is 18.7 Å². The predicted octanol–water partition coefficient (Wildman–Crippen LogP) is 2.87. The number of rotatable bonds is 4. The first-order valence-corrected chi connectivity index (χ1v) is 8.40. The lowest BCUT2D eigenvalue weighted by Crippen LogP contribution is -2.52. The Balaban J connectivity index is 2.04. The zero-order valence-electron chi connectivity index (χ0n) is 14.5. The lowest BCUT2D eigenvalue weighted by Gasteiger charge is -2.36. The molecule has 0 aromatic heterocycles. The van der Waals surface area contributed by atoms with Crippen LogP contribution < -0.4 is 0 Å². The molecule has 24 heavy (non-hydrogen) atoms. The first-order chi connectivity index (χ1) is 11.4. The van der Waals surface area contributed by atoms with Gasteiger partial charge in [0.25, 0.3) is 0 Å². The number of amides is 2. The highest BCUT2D eigenvalue weighted by molar-refractivity contribution is 5.84. The molecule has 0 N–H and O–H groups in total. The third-order valence-corrected chi connectivity index (χ3v) is 4.28. The van der Waals surface area contributed by atoms with Crippen molar-refractivity contribution in [1.29, 1.82) is 0 Å². The summed E-state index contributed by atoms with van der Waals surface area (Å²) in [5.41, 5.74) is 0.823. The van der Waals surface area contributed by atoms with Gasteiger partial charge >= 0.3 is 6.09 Å². The fourth-order valence-electron chi connectivity index (χ4n) is 3.00. The molecule has 1 fully saturated rings. The summed E-state index contributed by atoms with van der Waals surface area (Å²) in [4.78, 5) is 28.1. The average Bonchev–Trinajstić information content (AvgIpc) is 2.57. The Morgan fingerprint density at radius 2 is 1.62 bits per heavy atom. The molecule has 1 aromatic carbocycles. The molecule has 0 spiro atoms. The first-order valence-electron chi connectivity index (χ1n) is 8.40. The zero-order valence-corrected chi connectivity index (χ0v) is 14.5. The van der Waals surface area contributed by atoms with Gasteiger partial charge in [0.05, 0.1) is 12.5 Å². The molecule has 1 aliphatic rings. The number of piperazine rings is 1. The molecule has 1 atom stereocenters. The van der Waals surface area contributed by atoms with Crippen LogP contribution in [0.4, 0.5) is 9.18 Å². The van der Waals surface area contributed by atoms with E-state index in [1.807, 2.05) is 13.8 Å². The van der Waals surface area contributed by atoms with Gasteiger partial charge in [0.1, 0.15) is 5.82 Å². The second kappa shape index (κ2) is 8.13. The smallest absolute Gasteiger partial charge is 0.409 e. The number of ether oxygens (including phenoxy) is 1. The maximum Gasteiger partial charge on any atom is 0.409 e. The standard InChI is InChI=1S/C18H25FN2O3/c1-4-24-18(23)21-11-9-20(10-12-21)17(22)16(13(2)3)14-5-7-15(19)8-6-14/h5-8,13,16H,4,9-12H2,1-3H3. The molecule has 1 saturated heterocycles. The van der Waals surface area contributed by atoms with Crippen molar-refractivity contribution in [3.8, 4) is 0 Å². The topological polar surface area (TPSA) is 49.9 Å². The third-order valence-electron chi connectivity index (χ3n) is 4.28. The summed E-state index contributed by atoms with van der Waals surface area (Å²) in [7, 11) is 0. The molecule has 1 unspecified atom stereocenters. The first kappa shape index (κ1) is 18.2. The van der Waals surface area contributed by atoms with E-state index in [-0.39, 0.29) is 29.7 Å². The summed E-state index contributed by atoms with van der Waals surface area (Å²) in [6, 6.07) is 6.12. The summed E-state index contributed by atoms with van der Waals surface area (Å²) < 4.78 is 18.1. The number of hydrogen-bond donors (Lipinski definition) is 0. The van der Waals surface area contributed by atoms with Crippen molar-refractivity contribution in [2.75, 3.05) is 32.8 Å². The van der Waals surface area contributed by atoms with Gasteiger partial charge in [-0.3, -0.25) is 4.79 Å². The Hall–Kier alpha value is -2.11. The molecule has 0 aliphatic carbocycles. The van der Waals surface area contributed by atoms with E-state index in [9.17, 15) is 14.0 Å². The highest BCUT2D eigenvalue weighted by Crippen LogP contribution is 2.27. The summed E-state index contributed by atoms with van der Waals surface area (Å²) in [5.74, 6) is -0.484. The van der Waals surface area contributed by atoms with Crippen LogP contribution >= 0.6 is 0 Å². The molecular formula is C18H25FN2O3. The van der Waals surface area contributed by atoms with E-state index < -0.39 is 0 Å². The molecule has 1 aromatic rings. The van der Waals surface area contributed by atoms with Crippen LogP contribution in [0.3, 0.4) is 0 Å². The van der Waals surface area contributed by atoms with Gasteiger partial charge in [-0.15, -0.1) is 0 Å². The zero-order chi connectivity index (χ0) is 17.7. The van der Waals surface area contributed by atoms with Crippen molar-refractivity contribution in [2.24, 2.45) is 5.92 Å². The van der Waals surface area contributed by atoms with Crippen LogP contribution in [-0.4, -0.2) is 54.6 Å². The van der Waals surface area contributed by atoms with E-state index in [1.165, 1.54) is 12.1 Å². The summed E-state index contributed by atoms with van der Waals surface area (Å²) >= 11 is 0. The number of halogens is 1. The minimum atomic E-state index is -0.330. The highest BCUT2D eigenvalue weighted by atomic mass is 19.1. The fraction of sp³-hybridized carbons (Fsp3) is 0.556. The summed E-state index contributed by atoms with van der Waals surface area (Å²) in [6.07, 6.45) is -0.330. The Bertz CT molecular complexity index is 566. The fourth-order valence-corrected chi connectivity index (χ4v) is 3.00. The van der Waals surface area contributed by atoms with Crippen molar-refractivity contribution in [3.63, 3.8) is 0 Å². The van der Waals surface area contributed by atoms with Gasteiger partial charge in [-0.05, 0) is 30.5 Å². The number of benzene rings is 1. The minimum absolute atomic E-state index is 0.0279. The van der Waals surface area contributed by atoms with Gasteiger partial charge in [0.15, 0.2) is 0 Å². The molecule has 0 saturated carbocycles. The van der Waals surface area contributed by atoms with Crippen molar-refractivity contribution in [3.05, 3.63) is 35.6 Å². The molecule has 0 radical (unpaired) electrons. The van der Waals surface area contributed by atoms with Gasteiger partial charge in [-0.2, -0.15) is 0 Å². The minimum Gasteiger partial charge on any atom is -0.450 e. The van der Waals surface area contributed by atoms with Crippen LogP contribution in [0, 0.1) is 11.7 Å². The third kappa shape index (κ3) is 4.24. The SMILES string of the molecule is CCOC(=O)N1CCN(C(=O)C(c2ccc(F)cc2)C(C)C)CC1. The van der Waals surface area contributed by atoms with Crippen LogP contribution in [0.15, 0.2) is 24.3 Å². The Morgan fingerprint density at radius 1 is 1.08 bits per heavy atom. The monoisotopic (exact) mass is 336 g/mol. The summed E-state index contributed by atoms with van der Waals surface area (Å²) in [5, 5.41) is 0. The van der Waals surface area contributed by atoms with Crippen LogP contribution in [0.1, 0.15) is 32.3 Å². The van der Waals surface area contributed by atoms with Crippen LogP contribution in [-0.2, 0) is 9.53 Å². The molecular weight excluding hydrogens is 311 g/mol. The normalized spacial score (nSPS) is 16.2. The van der Waals surface area contributed by atoms with Gasteiger partial charge in [-0.1, -0.05) is 26.0 Å². The van der Waals surface area contributed by atoms with E-state index in [4.69, 9.17) is 4.74 Å². The number of hydrogen-bond acceptors (Lipinski definition) is 3. The largest absolute Gasteiger partial charge is 0.450 e. The average molecular weight is 336 g/mol. The molecule has 6 heteroatoms. The van der Waals surface area contributed by atoms with Gasteiger partial charge < -0.3 is 14.5 Å². The second-order valence-electron chi connectivity index (χ2n) is 6.28. The van der Waals surface area contributed by atoms with E-state index in [0.717, 1.165) is 5.56 Å². The Kier molecular flexibility index (Phi) is 6.17. The van der Waals surface area contributed by atoms with Crippen LogP contribution in [0.25, 0.3) is 0 Å². The quantitative estimate of drug-likeness (QED) is 0.849. The maximum absolute atomic E-state index is 13.1. The van der Waals surface area contributed by atoms with Crippen molar-refractivity contribution in [2.45, 2.75) is 26.7 Å². The van der Waals surface area contributed by atoms with Crippen molar-refractivity contribution in [1.82, 2.24) is 9.80 Å². The number of carbonyl (C=O) groups is 2. The molecule has 1 heterocycles. The lowest BCUT2D eigenvalue weighted by atomic mass is 9.87. The van der Waals surface area contributed by atoms with Crippen LogP contribution in [0.2, 0.25) is 0 Å².